The van der Waals surface area contributed by atoms with Crippen molar-refractivity contribution in [1.82, 2.24) is 14.4 Å². The molecule has 0 bridgehead atoms. The zero-order valence-electron chi connectivity index (χ0n) is 28.4. The zero-order chi connectivity index (χ0) is 38.3. The molecule has 0 saturated carbocycles. The number of hydrogen-bond acceptors (Lipinski definition) is 12. The Morgan fingerprint density at radius 1 is 0.692 bits per heavy atom. The van der Waals surface area contributed by atoms with Crippen molar-refractivity contribution in [3.05, 3.63) is 106 Å². The second-order valence-electron chi connectivity index (χ2n) is 11.3. The summed E-state index contributed by atoms with van der Waals surface area (Å²) < 4.78 is 38.5. The van der Waals surface area contributed by atoms with Gasteiger partial charge in [0.2, 0.25) is 11.5 Å². The largest absolute Gasteiger partial charge is 0.497 e. The normalized spacial score (nSPS) is 11.3. The fraction of sp³-hybridized carbons (Fsp3) is 0.212. The predicted molar refractivity (Wildman–Crippen MR) is 184 cm³/mol. The van der Waals surface area contributed by atoms with Crippen molar-refractivity contribution in [3.8, 4) is 22.9 Å². The smallest absolute Gasteiger partial charge is 0.469 e. The molecule has 19 heteroatoms. The number of carbonyl (C=O) groups is 4. The number of carbonyl (C=O) groups excluding carboxylic acids is 4. The van der Waals surface area contributed by atoms with E-state index in [0.717, 1.165) is 0 Å². The summed E-state index contributed by atoms with van der Waals surface area (Å²) >= 11 is 0. The van der Waals surface area contributed by atoms with Crippen molar-refractivity contribution in [2.24, 2.45) is 0 Å². The Labute approximate surface area is 298 Å². The van der Waals surface area contributed by atoms with E-state index in [1.54, 1.807) is 24.3 Å². The molecule has 1 aromatic heterocycles. The Morgan fingerprint density at radius 2 is 1.12 bits per heavy atom. The van der Waals surface area contributed by atoms with Crippen LogP contribution in [0.2, 0.25) is 0 Å². The second kappa shape index (κ2) is 17.0. The number of ether oxygens (including phenoxy) is 3. The van der Waals surface area contributed by atoms with E-state index in [4.69, 9.17) is 38.3 Å². The number of hydrogen-bond donors (Lipinski definition) is 4. The summed E-state index contributed by atoms with van der Waals surface area (Å²) in [5.41, 5.74) is 0.256. The third-order valence-electron chi connectivity index (χ3n) is 7.15. The van der Waals surface area contributed by atoms with Crippen LogP contribution in [0.3, 0.4) is 0 Å². The van der Waals surface area contributed by atoms with Crippen molar-refractivity contribution >= 4 is 40.2 Å². The van der Waals surface area contributed by atoms with Crippen LogP contribution in [0.1, 0.15) is 52.8 Å². The fourth-order valence-corrected chi connectivity index (χ4v) is 5.17. The van der Waals surface area contributed by atoms with E-state index >= 15 is 0 Å². The molecular weight excluding hydrogens is 724 g/mol. The van der Waals surface area contributed by atoms with Gasteiger partial charge in [0.1, 0.15) is 5.75 Å². The highest BCUT2D eigenvalue weighted by atomic mass is 31.2. The number of methoxy groups -OCH3 is 1. The summed E-state index contributed by atoms with van der Waals surface area (Å²) in [6.45, 7) is -0.617. The summed E-state index contributed by atoms with van der Waals surface area (Å²) in [5.74, 6) is -4.18. The van der Waals surface area contributed by atoms with Crippen molar-refractivity contribution < 1.29 is 66.6 Å². The molecule has 0 unspecified atom stereocenters. The van der Waals surface area contributed by atoms with E-state index in [1.807, 2.05) is 0 Å². The monoisotopic (exact) mass is 759 g/mol. The lowest BCUT2D eigenvalue weighted by molar-refractivity contribution is 0.0672. The lowest BCUT2D eigenvalue weighted by Crippen LogP contribution is -2.28. The van der Waals surface area contributed by atoms with Gasteiger partial charge in [0.05, 0.1) is 31.5 Å². The topological polar surface area (TPSA) is 224 Å². The van der Waals surface area contributed by atoms with Crippen molar-refractivity contribution in [3.63, 3.8) is 0 Å². The van der Waals surface area contributed by atoms with Gasteiger partial charge in [-0.25, -0.2) is 14.2 Å². The minimum Gasteiger partial charge on any atom is -0.497 e. The van der Waals surface area contributed by atoms with Crippen LogP contribution < -0.4 is 14.2 Å². The lowest BCUT2D eigenvalue weighted by atomic mass is 10.1. The molecule has 4 rings (SSSR count). The van der Waals surface area contributed by atoms with Gasteiger partial charge < -0.3 is 48.1 Å². The highest BCUT2D eigenvalue weighted by Gasteiger charge is 2.38. The van der Waals surface area contributed by atoms with E-state index in [2.05, 4.69) is 4.52 Å². The molecule has 0 radical (unpaired) electrons. The SMILES string of the molecule is COc1ccc(-n2c(C(=O)N(C)C)c(OC(=O)c3ccc(COP(O)O)cc3)c(OC(=O)c3ccc(COP(=O)(O)O)cc3)c2C(=O)N(C)C)cc1. The highest BCUT2D eigenvalue weighted by Crippen LogP contribution is 2.43. The number of amides is 2. The zero-order valence-corrected chi connectivity index (χ0v) is 30.2. The first-order chi connectivity index (χ1) is 24.5. The van der Waals surface area contributed by atoms with E-state index in [0.29, 0.717) is 16.9 Å². The quantitative estimate of drug-likeness (QED) is 0.106. The molecule has 4 N–H and O–H groups in total. The molecular formula is C33H35N3O14P2. The molecule has 0 atom stereocenters. The number of aromatic nitrogens is 1. The molecule has 2 amide bonds. The number of nitrogens with zero attached hydrogens (tertiary/aromatic N) is 3. The Kier molecular flexibility index (Phi) is 13.0. The first kappa shape index (κ1) is 39.8. The number of phosphoric acid groups is 1. The Morgan fingerprint density at radius 3 is 1.48 bits per heavy atom. The van der Waals surface area contributed by atoms with Crippen LogP contribution in [-0.4, -0.2) is 93.0 Å². The Hall–Kier alpha value is -4.96. The van der Waals surface area contributed by atoms with Crippen LogP contribution in [0.5, 0.6) is 17.2 Å². The fourth-order valence-electron chi connectivity index (χ4n) is 4.59. The van der Waals surface area contributed by atoms with Gasteiger partial charge in [0.25, 0.3) is 11.8 Å². The van der Waals surface area contributed by atoms with E-state index in [-0.39, 0.29) is 34.8 Å². The molecule has 0 saturated heterocycles. The number of rotatable bonds is 14. The standard InChI is InChI=1S/C33H35N3O14P2/c1-34(2)30(37)26-28(49-32(39)22-10-6-20(7-11-22)18-47-51(41)42)29(50-33(40)23-12-8-21(9-13-23)19-48-52(43,44)45)27(31(38)35(3)4)36(26)24-14-16-25(46-5)17-15-24/h6-17,41-42H,18-19H2,1-5H3,(H2,43,44,45). The average molecular weight is 760 g/mol. The van der Waals surface area contributed by atoms with Gasteiger partial charge in [-0.1, -0.05) is 24.3 Å². The minimum atomic E-state index is -4.76. The minimum absolute atomic E-state index is 0.0228. The van der Waals surface area contributed by atoms with Gasteiger partial charge in [0, 0.05) is 33.9 Å². The molecule has 52 heavy (non-hydrogen) atoms. The predicted octanol–water partition coefficient (Wildman–Crippen LogP) is 3.67. The molecule has 4 aromatic rings. The summed E-state index contributed by atoms with van der Waals surface area (Å²) in [5, 5.41) is 0. The van der Waals surface area contributed by atoms with E-state index in [9.17, 15) is 23.7 Å². The lowest BCUT2D eigenvalue weighted by Gasteiger charge is -2.18. The average Bonchev–Trinajstić information content (AvgIpc) is 3.41. The first-order valence-corrected chi connectivity index (χ1v) is 17.7. The summed E-state index contributed by atoms with van der Waals surface area (Å²) in [7, 11) is -0.189. The molecule has 0 aliphatic rings. The van der Waals surface area contributed by atoms with Gasteiger partial charge in [-0.2, -0.15) is 0 Å². The molecule has 0 fully saturated rings. The van der Waals surface area contributed by atoms with Gasteiger partial charge in [0.15, 0.2) is 11.4 Å². The van der Waals surface area contributed by atoms with Crippen LogP contribution in [0.25, 0.3) is 5.69 Å². The Balaban J connectivity index is 1.91. The molecule has 1 heterocycles. The maximum Gasteiger partial charge on any atom is 0.469 e. The van der Waals surface area contributed by atoms with E-state index in [1.165, 1.54) is 98.2 Å². The summed E-state index contributed by atoms with van der Waals surface area (Å²) in [4.78, 5) is 93.7. The van der Waals surface area contributed by atoms with Gasteiger partial charge in [-0.15, -0.1) is 0 Å². The highest BCUT2D eigenvalue weighted by molar-refractivity contribution is 7.46. The van der Waals surface area contributed by atoms with Crippen molar-refractivity contribution in [1.29, 1.82) is 0 Å². The molecule has 3 aromatic carbocycles. The Bertz CT molecular complexity index is 1970. The molecule has 17 nitrogen and oxygen atoms in total. The van der Waals surface area contributed by atoms with Crippen molar-refractivity contribution in [2.45, 2.75) is 13.2 Å². The number of esters is 2. The van der Waals surface area contributed by atoms with Crippen LogP contribution in [0, 0.1) is 0 Å². The van der Waals surface area contributed by atoms with Crippen LogP contribution in [0.4, 0.5) is 0 Å². The van der Waals surface area contributed by atoms with Gasteiger partial charge >= 0.3 is 28.4 Å². The van der Waals surface area contributed by atoms with E-state index < -0.39 is 58.3 Å². The van der Waals surface area contributed by atoms with Gasteiger partial charge in [-0.05, 0) is 59.7 Å². The first-order valence-electron chi connectivity index (χ1n) is 15.0. The third-order valence-corrected chi connectivity index (χ3v) is 7.97. The molecule has 0 spiro atoms. The van der Waals surface area contributed by atoms with Crippen LogP contribution >= 0.6 is 16.4 Å². The molecule has 0 aliphatic carbocycles. The van der Waals surface area contributed by atoms with Crippen molar-refractivity contribution in [2.75, 3.05) is 35.3 Å². The maximum absolute atomic E-state index is 14.0. The summed E-state index contributed by atoms with van der Waals surface area (Å²) in [6.07, 6.45) is 0. The van der Waals surface area contributed by atoms with Crippen LogP contribution in [0.15, 0.2) is 72.8 Å². The van der Waals surface area contributed by atoms with Crippen LogP contribution in [-0.2, 0) is 26.8 Å². The second-order valence-corrected chi connectivity index (χ2v) is 13.3. The maximum atomic E-state index is 14.0. The molecule has 276 valence electrons. The number of phosphoric ester groups is 1. The number of benzene rings is 3. The third kappa shape index (κ3) is 9.88. The summed E-state index contributed by atoms with van der Waals surface area (Å²) in [6, 6.07) is 17.2. The van der Waals surface area contributed by atoms with Gasteiger partial charge in [-0.3, -0.25) is 18.7 Å². The molecule has 0 aliphatic heterocycles.